The summed E-state index contributed by atoms with van der Waals surface area (Å²) in [5.41, 5.74) is 0. The Hall–Kier alpha value is -0.660. The second kappa shape index (κ2) is 7.62. The largest absolute Gasteiger partial charge is 0.480 e. The normalized spacial score (nSPS) is 12.6. The topological polar surface area (TPSA) is 75.1 Å². The number of carbonyl (C=O) groups is 1. The van der Waals surface area contributed by atoms with Crippen molar-refractivity contribution >= 4 is 29.3 Å². The first-order chi connectivity index (χ1) is 8.17. The molecule has 0 saturated carbocycles. The van der Waals surface area contributed by atoms with Gasteiger partial charge in [-0.15, -0.1) is 0 Å². The number of aryl methyl sites for hydroxylation is 1. The summed E-state index contributed by atoms with van der Waals surface area (Å²) in [5.74, 6) is 0.806. The predicted molar refractivity (Wildman–Crippen MR) is 69.7 cm³/mol. The van der Waals surface area contributed by atoms with Crippen molar-refractivity contribution in [1.29, 1.82) is 0 Å². The molecule has 0 aliphatic carbocycles. The lowest BCUT2D eigenvalue weighted by molar-refractivity contribution is -0.139. The van der Waals surface area contributed by atoms with E-state index in [-0.39, 0.29) is 0 Å². The van der Waals surface area contributed by atoms with E-state index in [1.807, 2.05) is 13.8 Å². The molecule has 1 aromatic rings. The second-order valence-electron chi connectivity index (χ2n) is 3.42. The SMILES string of the molecule is CCNC(CCSc1nc(CC)ns1)C(=O)O. The molecule has 2 N–H and O–H groups in total. The Labute approximate surface area is 109 Å². The summed E-state index contributed by atoms with van der Waals surface area (Å²) >= 11 is 2.95. The predicted octanol–water partition coefficient (Wildman–Crippen LogP) is 1.65. The van der Waals surface area contributed by atoms with Crippen LogP contribution < -0.4 is 5.32 Å². The maximum atomic E-state index is 10.9. The maximum absolute atomic E-state index is 10.9. The molecule has 0 saturated heterocycles. The molecular formula is C10H17N3O2S2. The number of rotatable bonds is 8. The minimum absolute atomic E-state index is 0.467. The van der Waals surface area contributed by atoms with Crippen LogP contribution in [-0.2, 0) is 11.2 Å². The molecule has 0 spiro atoms. The highest BCUT2D eigenvalue weighted by molar-refractivity contribution is 8.00. The van der Waals surface area contributed by atoms with Gasteiger partial charge in [0.15, 0.2) is 4.34 Å². The lowest BCUT2D eigenvalue weighted by Gasteiger charge is -2.11. The number of hydrogen-bond acceptors (Lipinski definition) is 6. The molecule has 1 atom stereocenters. The van der Waals surface area contributed by atoms with Crippen LogP contribution in [-0.4, -0.2) is 38.8 Å². The van der Waals surface area contributed by atoms with Crippen LogP contribution >= 0.6 is 23.3 Å². The van der Waals surface area contributed by atoms with E-state index in [0.29, 0.717) is 13.0 Å². The van der Waals surface area contributed by atoms with Gasteiger partial charge in [-0.2, -0.15) is 4.37 Å². The molecule has 0 bridgehead atoms. The van der Waals surface area contributed by atoms with Gasteiger partial charge >= 0.3 is 5.97 Å². The summed E-state index contributed by atoms with van der Waals surface area (Å²) in [5, 5.41) is 11.9. The molecule has 1 heterocycles. The van der Waals surface area contributed by atoms with E-state index in [2.05, 4.69) is 14.7 Å². The number of aliphatic carboxylic acids is 1. The molecule has 96 valence electrons. The van der Waals surface area contributed by atoms with Crippen LogP contribution in [0.25, 0.3) is 0 Å². The van der Waals surface area contributed by atoms with E-state index >= 15 is 0 Å². The van der Waals surface area contributed by atoms with E-state index in [1.165, 1.54) is 11.5 Å². The minimum atomic E-state index is -0.793. The van der Waals surface area contributed by atoms with Crippen LogP contribution in [0.15, 0.2) is 4.34 Å². The number of hydrogen-bond donors (Lipinski definition) is 2. The second-order valence-corrected chi connectivity index (χ2v) is 5.51. The van der Waals surface area contributed by atoms with Crippen LogP contribution in [0.5, 0.6) is 0 Å². The van der Waals surface area contributed by atoms with Crippen molar-refractivity contribution < 1.29 is 9.90 Å². The van der Waals surface area contributed by atoms with E-state index in [9.17, 15) is 4.79 Å². The number of nitrogens with zero attached hydrogens (tertiary/aromatic N) is 2. The maximum Gasteiger partial charge on any atom is 0.320 e. The zero-order valence-electron chi connectivity index (χ0n) is 9.97. The molecule has 0 aromatic carbocycles. The molecule has 17 heavy (non-hydrogen) atoms. The fraction of sp³-hybridized carbons (Fsp3) is 0.700. The van der Waals surface area contributed by atoms with Gasteiger partial charge in [-0.1, -0.05) is 25.6 Å². The fourth-order valence-electron chi connectivity index (χ4n) is 1.26. The van der Waals surface area contributed by atoms with E-state index < -0.39 is 12.0 Å². The van der Waals surface area contributed by atoms with Gasteiger partial charge in [0.2, 0.25) is 0 Å². The van der Waals surface area contributed by atoms with Crippen molar-refractivity contribution in [3.05, 3.63) is 5.82 Å². The third kappa shape index (κ3) is 5.01. The van der Waals surface area contributed by atoms with Crippen molar-refractivity contribution in [3.63, 3.8) is 0 Å². The zero-order valence-corrected chi connectivity index (χ0v) is 11.6. The molecule has 0 fully saturated rings. The minimum Gasteiger partial charge on any atom is -0.480 e. The van der Waals surface area contributed by atoms with Gasteiger partial charge < -0.3 is 10.4 Å². The summed E-state index contributed by atoms with van der Waals surface area (Å²) in [4.78, 5) is 15.2. The first-order valence-electron chi connectivity index (χ1n) is 5.58. The highest BCUT2D eigenvalue weighted by Gasteiger charge is 2.15. The van der Waals surface area contributed by atoms with Gasteiger partial charge in [-0.25, -0.2) is 4.98 Å². The van der Waals surface area contributed by atoms with Crippen LogP contribution in [0.2, 0.25) is 0 Å². The number of aromatic nitrogens is 2. The Morgan fingerprint density at radius 3 is 2.88 bits per heavy atom. The average Bonchev–Trinajstić information content (AvgIpc) is 2.75. The monoisotopic (exact) mass is 275 g/mol. The van der Waals surface area contributed by atoms with Gasteiger partial charge in [0.05, 0.1) is 0 Å². The first-order valence-corrected chi connectivity index (χ1v) is 7.34. The number of likely N-dealkylation sites (N-methyl/N-ethyl adjacent to an activating group) is 1. The fourth-order valence-corrected chi connectivity index (χ4v) is 3.03. The first kappa shape index (κ1) is 14.4. The molecule has 1 rings (SSSR count). The van der Waals surface area contributed by atoms with E-state index in [1.54, 1.807) is 11.8 Å². The summed E-state index contributed by atoms with van der Waals surface area (Å²) in [7, 11) is 0. The van der Waals surface area contributed by atoms with Gasteiger partial charge in [0.25, 0.3) is 0 Å². The molecule has 5 nitrogen and oxygen atoms in total. The van der Waals surface area contributed by atoms with Crippen molar-refractivity contribution in [3.8, 4) is 0 Å². The molecule has 1 unspecified atom stereocenters. The summed E-state index contributed by atoms with van der Waals surface area (Å²) in [6.45, 7) is 4.59. The molecular weight excluding hydrogens is 258 g/mol. The van der Waals surface area contributed by atoms with E-state index in [0.717, 1.165) is 22.3 Å². The van der Waals surface area contributed by atoms with Crippen LogP contribution in [0.3, 0.4) is 0 Å². The van der Waals surface area contributed by atoms with Gasteiger partial charge in [0.1, 0.15) is 11.9 Å². The van der Waals surface area contributed by atoms with Crippen molar-refractivity contribution in [2.75, 3.05) is 12.3 Å². The van der Waals surface area contributed by atoms with Gasteiger partial charge in [-0.05, 0) is 24.5 Å². The van der Waals surface area contributed by atoms with Crippen molar-refractivity contribution in [2.24, 2.45) is 0 Å². The van der Waals surface area contributed by atoms with Crippen LogP contribution in [0.1, 0.15) is 26.1 Å². The molecule has 0 aliphatic heterocycles. The van der Waals surface area contributed by atoms with Crippen molar-refractivity contribution in [2.45, 2.75) is 37.1 Å². The summed E-state index contributed by atoms with van der Waals surface area (Å²) < 4.78 is 5.10. The Morgan fingerprint density at radius 1 is 1.59 bits per heavy atom. The highest BCUT2D eigenvalue weighted by atomic mass is 32.2. The number of thioether (sulfide) groups is 1. The zero-order chi connectivity index (χ0) is 12.7. The standard InChI is InChI=1S/C10H17N3O2S2/c1-3-8-12-10(17-13-8)16-6-5-7(9(14)15)11-4-2/h7,11H,3-6H2,1-2H3,(H,14,15). The Morgan fingerprint density at radius 2 is 2.35 bits per heavy atom. The quantitative estimate of drug-likeness (QED) is 0.703. The lowest BCUT2D eigenvalue weighted by atomic mass is 10.2. The van der Waals surface area contributed by atoms with Gasteiger partial charge in [-0.3, -0.25) is 4.79 Å². The number of nitrogens with one attached hydrogen (secondary N) is 1. The Bertz CT molecular complexity index is 357. The molecule has 0 aliphatic rings. The number of carboxylic acids is 1. The van der Waals surface area contributed by atoms with Crippen LogP contribution in [0.4, 0.5) is 0 Å². The number of carboxylic acid groups (broad SMARTS) is 1. The van der Waals surface area contributed by atoms with Gasteiger partial charge in [0, 0.05) is 12.2 Å². The third-order valence-electron chi connectivity index (χ3n) is 2.15. The Kier molecular flexibility index (Phi) is 6.46. The lowest BCUT2D eigenvalue weighted by Crippen LogP contribution is -2.36. The molecule has 0 radical (unpaired) electrons. The summed E-state index contributed by atoms with van der Waals surface area (Å²) in [6, 6.07) is -0.467. The smallest absolute Gasteiger partial charge is 0.320 e. The molecule has 7 heteroatoms. The average molecular weight is 275 g/mol. The Balaban J connectivity index is 2.32. The van der Waals surface area contributed by atoms with Crippen molar-refractivity contribution in [1.82, 2.24) is 14.7 Å². The van der Waals surface area contributed by atoms with Crippen LogP contribution in [0, 0.1) is 0 Å². The molecule has 0 amide bonds. The molecule has 1 aromatic heterocycles. The third-order valence-corrected chi connectivity index (χ3v) is 4.05. The van der Waals surface area contributed by atoms with E-state index in [4.69, 9.17) is 5.11 Å². The highest BCUT2D eigenvalue weighted by Crippen LogP contribution is 2.21. The summed E-state index contributed by atoms with van der Waals surface area (Å²) in [6.07, 6.45) is 1.43.